The summed E-state index contributed by atoms with van der Waals surface area (Å²) in [6, 6.07) is 11.0. The number of hydrogen-bond acceptors (Lipinski definition) is 6. The predicted molar refractivity (Wildman–Crippen MR) is 112 cm³/mol. The molecule has 2 aromatic carbocycles. The Labute approximate surface area is 178 Å². The van der Waals surface area contributed by atoms with Crippen molar-refractivity contribution in [2.75, 3.05) is 21.0 Å². The Balaban J connectivity index is 1.76. The van der Waals surface area contributed by atoms with Crippen LogP contribution in [-0.4, -0.2) is 37.1 Å². The highest BCUT2D eigenvalue weighted by atomic mass is 16.7. The number of carbonyl (C=O) groups is 1. The monoisotopic (exact) mass is 425 g/mol. The number of amides is 1. The van der Waals surface area contributed by atoms with Gasteiger partial charge in [-0.15, -0.1) is 0 Å². The second-order valence-corrected chi connectivity index (χ2v) is 7.18. The Morgan fingerprint density at radius 3 is 2.58 bits per heavy atom. The zero-order valence-corrected chi connectivity index (χ0v) is 17.2. The molecule has 9 nitrogen and oxygen atoms in total. The number of ether oxygens (including phenoxy) is 4. The number of fused-ring (bicyclic) bond motifs is 1. The van der Waals surface area contributed by atoms with Crippen LogP contribution < -0.4 is 30.2 Å². The highest BCUT2D eigenvalue weighted by Gasteiger charge is 2.29. The molecule has 0 aliphatic carbocycles. The van der Waals surface area contributed by atoms with Gasteiger partial charge >= 0.3 is 0 Å². The molecule has 0 saturated carbocycles. The third-order valence-corrected chi connectivity index (χ3v) is 5.27. The summed E-state index contributed by atoms with van der Waals surface area (Å²) in [4.78, 5) is 24.7. The first-order chi connectivity index (χ1) is 15.0. The zero-order valence-electron chi connectivity index (χ0n) is 17.2. The van der Waals surface area contributed by atoms with Crippen LogP contribution in [0.3, 0.4) is 0 Å². The normalized spacial score (nSPS) is 13.1. The van der Waals surface area contributed by atoms with Gasteiger partial charge in [-0.2, -0.15) is 0 Å². The molecular formula is C22H23N3O6. The van der Waals surface area contributed by atoms with Crippen molar-refractivity contribution in [3.8, 4) is 23.0 Å². The van der Waals surface area contributed by atoms with Crippen molar-refractivity contribution in [1.82, 2.24) is 10.2 Å². The number of aromatic amines is 2. The summed E-state index contributed by atoms with van der Waals surface area (Å²) in [5.74, 6) is 1.06. The van der Waals surface area contributed by atoms with E-state index in [-0.39, 0.29) is 18.8 Å². The van der Waals surface area contributed by atoms with Gasteiger partial charge in [0.05, 0.1) is 14.2 Å². The van der Waals surface area contributed by atoms with E-state index in [4.69, 9.17) is 24.7 Å². The zero-order chi connectivity index (χ0) is 22.0. The van der Waals surface area contributed by atoms with Gasteiger partial charge in [0.25, 0.3) is 5.56 Å². The van der Waals surface area contributed by atoms with Gasteiger partial charge in [0.1, 0.15) is 5.75 Å². The summed E-state index contributed by atoms with van der Waals surface area (Å²) in [5, 5.41) is 5.59. The molecular weight excluding hydrogens is 402 g/mol. The number of carbonyl (C=O) groups excluding carboxylic acids is 1. The molecule has 3 aromatic rings. The van der Waals surface area contributed by atoms with Crippen molar-refractivity contribution in [3.05, 3.63) is 69.1 Å². The minimum Gasteiger partial charge on any atom is -0.497 e. The molecule has 1 aliphatic heterocycles. The van der Waals surface area contributed by atoms with E-state index in [9.17, 15) is 9.59 Å². The molecule has 0 unspecified atom stereocenters. The molecule has 1 atom stereocenters. The van der Waals surface area contributed by atoms with Crippen LogP contribution in [0.5, 0.6) is 23.0 Å². The second kappa shape index (κ2) is 8.47. The van der Waals surface area contributed by atoms with Gasteiger partial charge < -0.3 is 29.8 Å². The van der Waals surface area contributed by atoms with Crippen molar-refractivity contribution >= 4 is 5.91 Å². The van der Waals surface area contributed by atoms with Gasteiger partial charge in [-0.3, -0.25) is 14.7 Å². The number of benzene rings is 2. The fourth-order valence-electron chi connectivity index (χ4n) is 3.80. The molecule has 0 spiro atoms. The molecule has 1 amide bonds. The number of H-pyrrole nitrogens is 2. The van der Waals surface area contributed by atoms with Crippen molar-refractivity contribution < 1.29 is 23.7 Å². The van der Waals surface area contributed by atoms with Gasteiger partial charge in [0, 0.05) is 30.0 Å². The van der Waals surface area contributed by atoms with Gasteiger partial charge in [-0.25, -0.2) is 0 Å². The molecule has 31 heavy (non-hydrogen) atoms. The largest absolute Gasteiger partial charge is 0.497 e. The third kappa shape index (κ3) is 4.07. The summed E-state index contributed by atoms with van der Waals surface area (Å²) in [5.41, 5.74) is 7.97. The molecule has 2 heterocycles. The smallest absolute Gasteiger partial charge is 0.267 e. The van der Waals surface area contributed by atoms with Crippen LogP contribution in [0.2, 0.25) is 0 Å². The molecule has 0 bridgehead atoms. The third-order valence-electron chi connectivity index (χ3n) is 5.27. The molecule has 9 heteroatoms. The predicted octanol–water partition coefficient (Wildman–Crippen LogP) is 2.05. The van der Waals surface area contributed by atoms with Gasteiger partial charge in [-0.1, -0.05) is 12.1 Å². The average Bonchev–Trinajstić information content (AvgIpc) is 3.38. The maximum Gasteiger partial charge on any atom is 0.267 e. The first-order valence-electron chi connectivity index (χ1n) is 9.68. The lowest BCUT2D eigenvalue weighted by molar-refractivity contribution is -0.118. The molecule has 1 aliphatic rings. The minimum atomic E-state index is -0.593. The van der Waals surface area contributed by atoms with E-state index in [1.54, 1.807) is 19.2 Å². The Kier molecular flexibility index (Phi) is 5.57. The van der Waals surface area contributed by atoms with Crippen LogP contribution in [0.1, 0.15) is 34.7 Å². The van der Waals surface area contributed by atoms with Crippen LogP contribution >= 0.6 is 0 Å². The van der Waals surface area contributed by atoms with Crippen molar-refractivity contribution in [2.24, 2.45) is 5.73 Å². The Morgan fingerprint density at radius 1 is 1.13 bits per heavy atom. The quantitative estimate of drug-likeness (QED) is 0.507. The number of hydrogen-bond donors (Lipinski definition) is 3. The number of nitrogens with one attached hydrogen (secondary N) is 2. The average molecular weight is 425 g/mol. The summed E-state index contributed by atoms with van der Waals surface area (Å²) in [6.07, 6.45) is 0.397. The van der Waals surface area contributed by atoms with E-state index in [1.807, 2.05) is 24.3 Å². The molecule has 0 fully saturated rings. The molecule has 0 saturated heterocycles. The SMILES string of the molecule is COc1ccc(Cc2[nH][nH]c(=O)c2[C@@H](CC(N)=O)c2cc(OC)c3c(c2)OCO3)cc1. The Morgan fingerprint density at radius 2 is 1.90 bits per heavy atom. The van der Waals surface area contributed by atoms with E-state index < -0.39 is 11.8 Å². The summed E-state index contributed by atoms with van der Waals surface area (Å²) in [7, 11) is 3.12. The van der Waals surface area contributed by atoms with Crippen LogP contribution in [-0.2, 0) is 11.2 Å². The summed E-state index contributed by atoms with van der Waals surface area (Å²) in [6.45, 7) is 0.0725. The van der Waals surface area contributed by atoms with E-state index in [0.29, 0.717) is 40.5 Å². The van der Waals surface area contributed by atoms with E-state index in [0.717, 1.165) is 11.3 Å². The Bertz CT molecular complexity index is 1150. The minimum absolute atomic E-state index is 0.0562. The highest BCUT2D eigenvalue weighted by Crippen LogP contribution is 2.44. The number of methoxy groups -OCH3 is 2. The maximum absolute atomic E-state index is 12.8. The molecule has 4 rings (SSSR count). The fraction of sp³-hybridized carbons (Fsp3) is 0.273. The number of aromatic nitrogens is 2. The Hall–Kier alpha value is -3.88. The number of primary amides is 1. The van der Waals surface area contributed by atoms with E-state index >= 15 is 0 Å². The first-order valence-corrected chi connectivity index (χ1v) is 9.68. The summed E-state index contributed by atoms with van der Waals surface area (Å²) < 4.78 is 21.6. The standard InChI is InChI=1S/C22H23N3O6/c1-28-14-5-3-12(4-6-14)7-16-20(22(27)25-24-16)15(10-19(23)26)13-8-17(29-2)21-18(9-13)30-11-31-21/h3-6,8-9,15H,7,10-11H2,1-2H3,(H2,23,26)(H2,24,25,27)/t15-/m0/s1. The molecule has 162 valence electrons. The lowest BCUT2D eigenvalue weighted by Gasteiger charge is -2.18. The van der Waals surface area contributed by atoms with Gasteiger partial charge in [0.15, 0.2) is 11.5 Å². The van der Waals surface area contributed by atoms with E-state index in [2.05, 4.69) is 10.2 Å². The number of rotatable bonds is 8. The maximum atomic E-state index is 12.8. The summed E-state index contributed by atoms with van der Waals surface area (Å²) >= 11 is 0. The molecule has 4 N–H and O–H groups in total. The van der Waals surface area contributed by atoms with Crippen LogP contribution in [0, 0.1) is 0 Å². The lowest BCUT2D eigenvalue weighted by Crippen LogP contribution is -2.21. The van der Waals surface area contributed by atoms with Crippen LogP contribution in [0.15, 0.2) is 41.2 Å². The fourth-order valence-corrected chi connectivity index (χ4v) is 3.80. The second-order valence-electron chi connectivity index (χ2n) is 7.18. The molecule has 0 radical (unpaired) electrons. The van der Waals surface area contributed by atoms with Gasteiger partial charge in [0.2, 0.25) is 18.4 Å². The number of nitrogens with two attached hydrogens (primary N) is 1. The first kappa shape index (κ1) is 20.4. The highest BCUT2D eigenvalue weighted by molar-refractivity contribution is 5.76. The molecule has 1 aromatic heterocycles. The lowest BCUT2D eigenvalue weighted by atomic mass is 9.86. The van der Waals surface area contributed by atoms with Crippen molar-refractivity contribution in [1.29, 1.82) is 0 Å². The van der Waals surface area contributed by atoms with Crippen molar-refractivity contribution in [3.63, 3.8) is 0 Å². The topological polar surface area (TPSA) is 129 Å². The van der Waals surface area contributed by atoms with Gasteiger partial charge in [-0.05, 0) is 35.4 Å². The van der Waals surface area contributed by atoms with Crippen molar-refractivity contribution in [2.45, 2.75) is 18.8 Å². The van der Waals surface area contributed by atoms with Crippen LogP contribution in [0.25, 0.3) is 0 Å². The van der Waals surface area contributed by atoms with Crippen LogP contribution in [0.4, 0.5) is 0 Å². The van der Waals surface area contributed by atoms with E-state index in [1.165, 1.54) is 7.11 Å².